The van der Waals surface area contributed by atoms with Gasteiger partial charge in [0.1, 0.15) is 11.6 Å². The maximum atomic E-state index is 13.2. The number of hydrogen-bond acceptors (Lipinski definition) is 4. The quantitative estimate of drug-likeness (QED) is 0.942. The number of nitrogens with zero attached hydrogens (tertiary/aromatic N) is 3. The standard InChI is InChI=1S/C19H23FN4/c1-12-22-18(13-2-4-15(20)5-3-13)9-19(23-12)17-11-24-7-6-14(17)8-16(24)10-21/h2-5,9,14,16-17H,6-8,10-11,21H2,1H3/t14-,16+,17-/m0/s1. The van der Waals surface area contributed by atoms with Gasteiger partial charge in [0.2, 0.25) is 0 Å². The van der Waals surface area contributed by atoms with Crippen LogP contribution in [0, 0.1) is 18.7 Å². The van der Waals surface area contributed by atoms with Gasteiger partial charge >= 0.3 is 0 Å². The first kappa shape index (κ1) is 15.7. The van der Waals surface area contributed by atoms with E-state index in [9.17, 15) is 4.39 Å². The average molecular weight is 326 g/mol. The van der Waals surface area contributed by atoms with Gasteiger partial charge in [-0.15, -0.1) is 0 Å². The third kappa shape index (κ3) is 2.82. The number of piperidine rings is 3. The van der Waals surface area contributed by atoms with E-state index < -0.39 is 0 Å². The van der Waals surface area contributed by atoms with E-state index in [2.05, 4.69) is 16.0 Å². The van der Waals surface area contributed by atoms with Crippen molar-refractivity contribution in [2.45, 2.75) is 31.7 Å². The predicted octanol–water partition coefficient (Wildman–Crippen LogP) is 2.73. The van der Waals surface area contributed by atoms with Gasteiger partial charge in [-0.2, -0.15) is 0 Å². The summed E-state index contributed by atoms with van der Waals surface area (Å²) in [7, 11) is 0. The highest BCUT2D eigenvalue weighted by Gasteiger charge is 2.40. The van der Waals surface area contributed by atoms with Crippen molar-refractivity contribution in [3.8, 4) is 11.3 Å². The molecule has 3 saturated heterocycles. The van der Waals surface area contributed by atoms with Crippen LogP contribution in [0.25, 0.3) is 11.3 Å². The summed E-state index contributed by atoms with van der Waals surface area (Å²) in [6, 6.07) is 9.13. The lowest BCUT2D eigenvalue weighted by Gasteiger charge is -2.49. The maximum absolute atomic E-state index is 13.2. The van der Waals surface area contributed by atoms with Crippen LogP contribution in [0.3, 0.4) is 0 Å². The molecule has 5 rings (SSSR count). The van der Waals surface area contributed by atoms with E-state index in [-0.39, 0.29) is 5.82 Å². The Hall–Kier alpha value is -1.85. The number of hydrogen-bond donors (Lipinski definition) is 1. The van der Waals surface area contributed by atoms with Crippen molar-refractivity contribution in [1.82, 2.24) is 14.9 Å². The first-order valence-electron chi connectivity index (χ1n) is 8.69. The van der Waals surface area contributed by atoms with Gasteiger partial charge in [-0.1, -0.05) is 0 Å². The molecule has 4 heterocycles. The number of benzene rings is 1. The van der Waals surface area contributed by atoms with Crippen molar-refractivity contribution in [2.75, 3.05) is 19.6 Å². The van der Waals surface area contributed by atoms with Crippen molar-refractivity contribution < 1.29 is 4.39 Å². The van der Waals surface area contributed by atoms with Crippen LogP contribution in [0.1, 0.15) is 30.3 Å². The van der Waals surface area contributed by atoms with Crippen molar-refractivity contribution in [1.29, 1.82) is 0 Å². The summed E-state index contributed by atoms with van der Waals surface area (Å²) in [6.07, 6.45) is 2.38. The van der Waals surface area contributed by atoms with Crippen molar-refractivity contribution in [3.05, 3.63) is 47.7 Å². The minimum atomic E-state index is -0.227. The molecule has 2 N–H and O–H groups in total. The molecule has 4 atom stereocenters. The topological polar surface area (TPSA) is 55.0 Å². The van der Waals surface area contributed by atoms with Crippen molar-refractivity contribution in [3.63, 3.8) is 0 Å². The number of halogens is 1. The minimum Gasteiger partial charge on any atom is -0.329 e. The second kappa shape index (κ2) is 6.22. The Morgan fingerprint density at radius 3 is 2.71 bits per heavy atom. The summed E-state index contributed by atoms with van der Waals surface area (Å²) in [4.78, 5) is 11.8. The number of fused-ring (bicyclic) bond motifs is 3. The van der Waals surface area contributed by atoms with Crippen LogP contribution < -0.4 is 5.73 Å². The number of rotatable bonds is 3. The fourth-order valence-electron chi connectivity index (χ4n) is 4.27. The van der Waals surface area contributed by atoms with E-state index in [4.69, 9.17) is 10.7 Å². The minimum absolute atomic E-state index is 0.227. The zero-order valence-corrected chi connectivity index (χ0v) is 14.0. The first-order chi connectivity index (χ1) is 11.6. The zero-order valence-electron chi connectivity index (χ0n) is 14.0. The van der Waals surface area contributed by atoms with Gasteiger partial charge in [-0.3, -0.25) is 4.90 Å². The SMILES string of the molecule is Cc1nc(-c2ccc(F)cc2)cc([C@H]2CN3CC[C@H]2C[C@@H]3CN)n1. The predicted molar refractivity (Wildman–Crippen MR) is 92.0 cm³/mol. The lowest BCUT2D eigenvalue weighted by Crippen LogP contribution is -2.55. The zero-order chi connectivity index (χ0) is 16.7. The molecule has 24 heavy (non-hydrogen) atoms. The molecule has 1 aromatic carbocycles. The Kier molecular flexibility index (Phi) is 4.06. The third-order valence-corrected chi connectivity index (χ3v) is 5.53. The molecule has 2 aromatic rings. The van der Waals surface area contributed by atoms with Crippen LogP contribution in [-0.2, 0) is 0 Å². The Labute approximate surface area is 141 Å². The van der Waals surface area contributed by atoms with Crippen LogP contribution in [0.2, 0.25) is 0 Å². The highest BCUT2D eigenvalue weighted by Crippen LogP contribution is 2.41. The highest BCUT2D eigenvalue weighted by atomic mass is 19.1. The average Bonchev–Trinajstić information content (AvgIpc) is 2.62. The molecule has 0 aliphatic carbocycles. The molecule has 3 aliphatic heterocycles. The summed E-state index contributed by atoms with van der Waals surface area (Å²) in [5, 5.41) is 0. The fraction of sp³-hybridized carbons (Fsp3) is 0.474. The Bertz CT molecular complexity index is 731. The largest absolute Gasteiger partial charge is 0.329 e. The number of nitrogens with two attached hydrogens (primary N) is 1. The monoisotopic (exact) mass is 326 g/mol. The fourth-order valence-corrected chi connectivity index (χ4v) is 4.27. The normalized spacial score (nSPS) is 29.0. The van der Waals surface area contributed by atoms with E-state index in [0.29, 0.717) is 17.9 Å². The molecule has 5 heteroatoms. The molecule has 4 nitrogen and oxygen atoms in total. The summed E-state index contributed by atoms with van der Waals surface area (Å²) >= 11 is 0. The van der Waals surface area contributed by atoms with E-state index in [1.165, 1.54) is 18.6 Å². The summed E-state index contributed by atoms with van der Waals surface area (Å²) in [5.74, 6) is 1.65. The summed E-state index contributed by atoms with van der Waals surface area (Å²) in [6.45, 7) is 4.86. The molecule has 0 amide bonds. The van der Waals surface area contributed by atoms with Crippen LogP contribution in [0.4, 0.5) is 4.39 Å². The molecule has 3 aliphatic rings. The van der Waals surface area contributed by atoms with Gasteiger partial charge in [0.15, 0.2) is 0 Å². The first-order valence-corrected chi connectivity index (χ1v) is 8.69. The van der Waals surface area contributed by atoms with Gasteiger partial charge in [0, 0.05) is 36.3 Å². The Morgan fingerprint density at radius 2 is 2.04 bits per heavy atom. The lowest BCUT2D eigenvalue weighted by molar-refractivity contribution is 0.0333. The Balaban J connectivity index is 1.66. The molecule has 1 aromatic heterocycles. The van der Waals surface area contributed by atoms with Crippen LogP contribution >= 0.6 is 0 Å². The second-order valence-corrected chi connectivity index (χ2v) is 7.01. The molecule has 0 saturated carbocycles. The van der Waals surface area contributed by atoms with E-state index in [1.807, 2.05) is 6.92 Å². The molecule has 0 spiro atoms. The molecule has 0 radical (unpaired) electrons. The van der Waals surface area contributed by atoms with Crippen LogP contribution in [-0.4, -0.2) is 40.5 Å². The number of aromatic nitrogens is 2. The van der Waals surface area contributed by atoms with Crippen molar-refractivity contribution >= 4 is 0 Å². The lowest BCUT2D eigenvalue weighted by atomic mass is 9.74. The number of aryl methyl sites for hydroxylation is 1. The van der Waals surface area contributed by atoms with Gasteiger partial charge in [0.05, 0.1) is 5.69 Å². The smallest absolute Gasteiger partial charge is 0.126 e. The molecule has 2 bridgehead atoms. The molecule has 3 fully saturated rings. The molecule has 1 unspecified atom stereocenters. The van der Waals surface area contributed by atoms with E-state index >= 15 is 0 Å². The second-order valence-electron chi connectivity index (χ2n) is 7.01. The Morgan fingerprint density at radius 1 is 1.25 bits per heavy atom. The van der Waals surface area contributed by atoms with Crippen molar-refractivity contribution in [2.24, 2.45) is 11.7 Å². The van der Waals surface area contributed by atoms with E-state index in [1.54, 1.807) is 12.1 Å². The molecular formula is C19H23FN4. The van der Waals surface area contributed by atoms with Crippen LogP contribution in [0.5, 0.6) is 0 Å². The molecule has 126 valence electrons. The third-order valence-electron chi connectivity index (χ3n) is 5.53. The van der Waals surface area contributed by atoms with Gasteiger partial charge in [-0.25, -0.2) is 14.4 Å². The molecular weight excluding hydrogens is 303 g/mol. The van der Waals surface area contributed by atoms with Gasteiger partial charge in [0.25, 0.3) is 0 Å². The summed E-state index contributed by atoms with van der Waals surface area (Å²) < 4.78 is 13.2. The summed E-state index contributed by atoms with van der Waals surface area (Å²) in [5.41, 5.74) is 8.84. The maximum Gasteiger partial charge on any atom is 0.126 e. The van der Waals surface area contributed by atoms with Gasteiger partial charge in [-0.05, 0) is 62.6 Å². The highest BCUT2D eigenvalue weighted by molar-refractivity contribution is 5.59. The van der Waals surface area contributed by atoms with Gasteiger partial charge < -0.3 is 5.73 Å². The van der Waals surface area contributed by atoms with E-state index in [0.717, 1.165) is 48.8 Å². The van der Waals surface area contributed by atoms with Crippen LogP contribution in [0.15, 0.2) is 30.3 Å².